The van der Waals surface area contributed by atoms with Crippen LogP contribution in [-0.4, -0.2) is 28.7 Å². The lowest BCUT2D eigenvalue weighted by molar-refractivity contribution is -0.119. The summed E-state index contributed by atoms with van der Waals surface area (Å²) in [5, 5.41) is 5.01. The van der Waals surface area contributed by atoms with Gasteiger partial charge in [0.15, 0.2) is 0 Å². The number of benzene rings is 1. The lowest BCUT2D eigenvalue weighted by Gasteiger charge is -2.18. The molecule has 3 aromatic rings. The van der Waals surface area contributed by atoms with Crippen LogP contribution >= 0.6 is 23.1 Å². The van der Waals surface area contributed by atoms with Crippen molar-refractivity contribution >= 4 is 39.2 Å². The van der Waals surface area contributed by atoms with Crippen LogP contribution in [0.25, 0.3) is 10.2 Å². The fraction of sp³-hybridized carbons (Fsp3) is 0.381. The van der Waals surface area contributed by atoms with Crippen LogP contribution in [-0.2, 0) is 4.79 Å². The molecule has 1 aromatic carbocycles. The normalized spacial score (nSPS) is 12.2. The monoisotopic (exact) mass is 415 g/mol. The van der Waals surface area contributed by atoms with E-state index in [4.69, 9.17) is 4.74 Å². The summed E-state index contributed by atoms with van der Waals surface area (Å²) in [6, 6.07) is 5.84. The summed E-state index contributed by atoms with van der Waals surface area (Å²) in [5.74, 6) is 1.78. The molecule has 2 heterocycles. The van der Waals surface area contributed by atoms with E-state index in [-0.39, 0.29) is 11.9 Å². The van der Waals surface area contributed by atoms with E-state index in [2.05, 4.69) is 29.1 Å². The molecule has 28 heavy (non-hydrogen) atoms. The van der Waals surface area contributed by atoms with E-state index in [1.54, 1.807) is 18.4 Å². The molecule has 7 heteroatoms. The Balaban J connectivity index is 1.73. The van der Waals surface area contributed by atoms with Gasteiger partial charge in [-0.15, -0.1) is 11.3 Å². The standard InChI is InChI=1S/C21H25N3O2S2/c1-11-7-8-17(26-6)16(9-11)13(3)22-18(25)10-27-20-19-12(2)14(4)28-21(19)24-15(5)23-20/h7-9,13H,10H2,1-6H3,(H,22,25)/t13-/m1/s1. The van der Waals surface area contributed by atoms with Crippen molar-refractivity contribution in [3.8, 4) is 5.75 Å². The maximum absolute atomic E-state index is 12.6. The Labute approximate surface area is 173 Å². The minimum atomic E-state index is -0.139. The Hall–Kier alpha value is -2.12. The first-order valence-electron chi connectivity index (χ1n) is 9.11. The number of thiophene rings is 1. The van der Waals surface area contributed by atoms with E-state index < -0.39 is 0 Å². The molecule has 0 saturated carbocycles. The van der Waals surface area contributed by atoms with E-state index in [1.165, 1.54) is 22.2 Å². The van der Waals surface area contributed by atoms with Gasteiger partial charge in [-0.25, -0.2) is 9.97 Å². The number of carbonyl (C=O) groups excluding carboxylic acids is 1. The van der Waals surface area contributed by atoms with Gasteiger partial charge < -0.3 is 10.1 Å². The van der Waals surface area contributed by atoms with Crippen molar-refractivity contribution in [1.29, 1.82) is 0 Å². The van der Waals surface area contributed by atoms with Crippen molar-refractivity contribution in [2.75, 3.05) is 12.9 Å². The number of carbonyl (C=O) groups is 1. The maximum Gasteiger partial charge on any atom is 0.230 e. The van der Waals surface area contributed by atoms with Gasteiger partial charge in [0.25, 0.3) is 0 Å². The molecule has 0 fully saturated rings. The fourth-order valence-corrected chi connectivity index (χ4v) is 5.19. The van der Waals surface area contributed by atoms with Gasteiger partial charge in [0.2, 0.25) is 5.91 Å². The Bertz CT molecular complexity index is 1030. The first kappa shape index (κ1) is 20.6. The molecule has 3 rings (SSSR count). The average Bonchev–Trinajstić information content (AvgIpc) is 2.93. The molecule has 5 nitrogen and oxygen atoms in total. The highest BCUT2D eigenvalue weighted by molar-refractivity contribution is 8.00. The predicted molar refractivity (Wildman–Crippen MR) is 117 cm³/mol. The lowest BCUT2D eigenvalue weighted by atomic mass is 10.0. The van der Waals surface area contributed by atoms with Gasteiger partial charge in [-0.1, -0.05) is 29.5 Å². The molecule has 0 aliphatic rings. The van der Waals surface area contributed by atoms with Crippen molar-refractivity contribution in [1.82, 2.24) is 15.3 Å². The van der Waals surface area contributed by atoms with Crippen LogP contribution in [0.1, 0.15) is 40.4 Å². The van der Waals surface area contributed by atoms with E-state index >= 15 is 0 Å². The van der Waals surface area contributed by atoms with Gasteiger partial charge in [0, 0.05) is 15.8 Å². The number of thioether (sulfide) groups is 1. The van der Waals surface area contributed by atoms with Gasteiger partial charge in [-0.2, -0.15) is 0 Å². The van der Waals surface area contributed by atoms with Crippen LogP contribution in [0.15, 0.2) is 23.2 Å². The zero-order chi connectivity index (χ0) is 20.4. The van der Waals surface area contributed by atoms with Crippen molar-refractivity contribution in [2.45, 2.75) is 45.7 Å². The quantitative estimate of drug-likeness (QED) is 0.458. The van der Waals surface area contributed by atoms with Crippen molar-refractivity contribution < 1.29 is 9.53 Å². The Morgan fingerprint density at radius 2 is 2.00 bits per heavy atom. The van der Waals surface area contributed by atoms with Gasteiger partial charge >= 0.3 is 0 Å². The highest BCUT2D eigenvalue weighted by Gasteiger charge is 2.17. The molecule has 0 bridgehead atoms. The molecule has 1 N–H and O–H groups in total. The van der Waals surface area contributed by atoms with E-state index in [0.29, 0.717) is 5.75 Å². The summed E-state index contributed by atoms with van der Waals surface area (Å²) in [7, 11) is 1.65. The number of amides is 1. The Morgan fingerprint density at radius 1 is 1.25 bits per heavy atom. The first-order valence-corrected chi connectivity index (χ1v) is 10.9. The number of nitrogens with zero attached hydrogens (tertiary/aromatic N) is 2. The summed E-state index contributed by atoms with van der Waals surface area (Å²) >= 11 is 3.14. The number of rotatable bonds is 6. The van der Waals surface area contributed by atoms with Crippen molar-refractivity contribution in [3.05, 3.63) is 45.6 Å². The molecule has 2 aromatic heterocycles. The van der Waals surface area contributed by atoms with Crippen molar-refractivity contribution in [3.63, 3.8) is 0 Å². The summed E-state index contributed by atoms with van der Waals surface area (Å²) in [6.07, 6.45) is 0. The van der Waals surface area contributed by atoms with Crippen LogP contribution in [0.2, 0.25) is 0 Å². The number of aryl methyl sites for hydroxylation is 4. The molecular weight excluding hydrogens is 390 g/mol. The number of aromatic nitrogens is 2. The topological polar surface area (TPSA) is 64.1 Å². The highest BCUT2D eigenvalue weighted by atomic mass is 32.2. The molecule has 0 unspecified atom stereocenters. The second-order valence-corrected chi connectivity index (χ2v) is 9.03. The molecule has 0 aliphatic carbocycles. The van der Waals surface area contributed by atoms with Gasteiger partial charge in [-0.3, -0.25) is 4.79 Å². The van der Waals surface area contributed by atoms with E-state index in [9.17, 15) is 4.79 Å². The molecule has 1 amide bonds. The molecule has 0 radical (unpaired) electrons. The molecule has 0 saturated heterocycles. The van der Waals surface area contributed by atoms with Crippen LogP contribution in [0.5, 0.6) is 5.75 Å². The third kappa shape index (κ3) is 4.31. The third-order valence-electron chi connectivity index (χ3n) is 4.68. The van der Waals surface area contributed by atoms with Gasteiger partial charge in [0.05, 0.1) is 18.9 Å². The highest BCUT2D eigenvalue weighted by Crippen LogP contribution is 2.35. The predicted octanol–water partition coefficient (Wildman–Crippen LogP) is 4.90. The molecular formula is C21H25N3O2S2. The number of hydrogen-bond acceptors (Lipinski definition) is 6. The second-order valence-electron chi connectivity index (χ2n) is 6.86. The molecule has 1 atom stereocenters. The van der Waals surface area contributed by atoms with Crippen LogP contribution in [0.3, 0.4) is 0 Å². The summed E-state index contributed by atoms with van der Waals surface area (Å²) < 4.78 is 5.44. The third-order valence-corrected chi connectivity index (χ3v) is 6.75. The van der Waals surface area contributed by atoms with Crippen molar-refractivity contribution in [2.24, 2.45) is 0 Å². The maximum atomic E-state index is 12.6. The smallest absolute Gasteiger partial charge is 0.230 e. The summed E-state index contributed by atoms with van der Waals surface area (Å²) in [6.45, 7) is 10.1. The fourth-order valence-electron chi connectivity index (χ4n) is 3.11. The SMILES string of the molecule is COc1ccc(C)cc1[C@@H](C)NC(=O)CSc1nc(C)nc2sc(C)c(C)c12. The number of ether oxygens (including phenoxy) is 1. The van der Waals surface area contributed by atoms with Crippen LogP contribution in [0, 0.1) is 27.7 Å². The van der Waals surface area contributed by atoms with Gasteiger partial charge in [0.1, 0.15) is 21.4 Å². The Kier molecular flexibility index (Phi) is 6.25. The minimum absolute atomic E-state index is 0.0323. The molecule has 148 valence electrons. The lowest BCUT2D eigenvalue weighted by Crippen LogP contribution is -2.28. The zero-order valence-corrected chi connectivity index (χ0v) is 18.7. The Morgan fingerprint density at radius 3 is 2.71 bits per heavy atom. The van der Waals surface area contributed by atoms with E-state index in [0.717, 1.165) is 37.9 Å². The zero-order valence-electron chi connectivity index (χ0n) is 17.0. The van der Waals surface area contributed by atoms with E-state index in [1.807, 2.05) is 39.0 Å². The molecule has 0 spiro atoms. The number of hydrogen-bond donors (Lipinski definition) is 1. The first-order chi connectivity index (χ1) is 13.3. The van der Waals surface area contributed by atoms with Crippen LogP contribution in [0.4, 0.5) is 0 Å². The second kappa shape index (κ2) is 8.49. The minimum Gasteiger partial charge on any atom is -0.496 e. The molecule has 0 aliphatic heterocycles. The number of nitrogens with one attached hydrogen (secondary N) is 1. The van der Waals surface area contributed by atoms with Gasteiger partial charge in [-0.05, 0) is 46.2 Å². The summed E-state index contributed by atoms with van der Waals surface area (Å²) in [4.78, 5) is 23.9. The number of methoxy groups -OCH3 is 1. The number of fused-ring (bicyclic) bond motifs is 1. The van der Waals surface area contributed by atoms with Crippen LogP contribution < -0.4 is 10.1 Å². The average molecular weight is 416 g/mol. The largest absolute Gasteiger partial charge is 0.496 e. The summed E-state index contributed by atoms with van der Waals surface area (Å²) in [5.41, 5.74) is 3.31.